The summed E-state index contributed by atoms with van der Waals surface area (Å²) in [5.41, 5.74) is 2.38. The van der Waals surface area contributed by atoms with Crippen molar-refractivity contribution in [1.82, 2.24) is 14.5 Å². The summed E-state index contributed by atoms with van der Waals surface area (Å²) in [6, 6.07) is 1.84. The van der Waals surface area contributed by atoms with E-state index < -0.39 is 0 Å². The Balaban J connectivity index is 2.29. The first kappa shape index (κ1) is 15.5. The minimum absolute atomic E-state index is 0.0673. The Morgan fingerprint density at radius 2 is 2.38 bits per heavy atom. The molecule has 0 aliphatic rings. The fourth-order valence-corrected chi connectivity index (χ4v) is 2.75. The van der Waals surface area contributed by atoms with E-state index in [0.29, 0.717) is 18.8 Å². The molecule has 6 heteroatoms. The van der Waals surface area contributed by atoms with Crippen molar-refractivity contribution in [3.8, 4) is 11.3 Å². The number of aromatic nitrogens is 2. The lowest BCUT2D eigenvalue weighted by Crippen LogP contribution is -2.34. The Bertz CT molecular complexity index is 645. The van der Waals surface area contributed by atoms with Crippen molar-refractivity contribution >= 4 is 17.2 Å². The first-order chi connectivity index (χ1) is 10.1. The first-order valence-electron chi connectivity index (χ1n) is 6.66. The molecule has 0 saturated heterocycles. The number of thiazole rings is 1. The quantitative estimate of drug-likeness (QED) is 0.831. The van der Waals surface area contributed by atoms with Gasteiger partial charge >= 0.3 is 0 Å². The van der Waals surface area contributed by atoms with Crippen molar-refractivity contribution in [3.63, 3.8) is 0 Å². The molecule has 5 nitrogen and oxygen atoms in total. The van der Waals surface area contributed by atoms with Gasteiger partial charge in [-0.1, -0.05) is 6.08 Å². The Morgan fingerprint density at radius 1 is 1.62 bits per heavy atom. The van der Waals surface area contributed by atoms with Gasteiger partial charge in [-0.3, -0.25) is 4.79 Å². The third-order valence-corrected chi connectivity index (χ3v) is 3.92. The fraction of sp³-hybridized carbons (Fsp3) is 0.333. The zero-order valence-corrected chi connectivity index (χ0v) is 13.1. The van der Waals surface area contributed by atoms with Gasteiger partial charge < -0.3 is 14.6 Å². The summed E-state index contributed by atoms with van der Waals surface area (Å²) in [7, 11) is 1.83. The van der Waals surface area contributed by atoms with E-state index in [1.807, 2.05) is 31.6 Å². The molecule has 21 heavy (non-hydrogen) atoms. The molecule has 2 aromatic heterocycles. The highest BCUT2D eigenvalue weighted by molar-refractivity contribution is 7.09. The number of amides is 1. The van der Waals surface area contributed by atoms with Gasteiger partial charge in [0.1, 0.15) is 5.69 Å². The second kappa shape index (κ2) is 6.69. The molecule has 0 atom stereocenters. The summed E-state index contributed by atoms with van der Waals surface area (Å²) in [6.07, 6.45) is 3.55. The van der Waals surface area contributed by atoms with Crippen LogP contribution in [0.3, 0.4) is 0 Å². The van der Waals surface area contributed by atoms with E-state index in [1.54, 1.807) is 26.9 Å². The second-order valence-corrected chi connectivity index (χ2v) is 5.80. The zero-order valence-electron chi connectivity index (χ0n) is 12.2. The molecule has 0 unspecified atom stereocenters. The van der Waals surface area contributed by atoms with E-state index in [2.05, 4.69) is 11.6 Å². The molecular weight excluding hydrogens is 286 g/mol. The minimum atomic E-state index is -0.121. The number of aliphatic hydroxyl groups is 1. The number of nitrogens with zero attached hydrogens (tertiary/aromatic N) is 3. The third-order valence-electron chi connectivity index (χ3n) is 3.15. The van der Waals surface area contributed by atoms with E-state index in [9.17, 15) is 4.79 Å². The molecule has 0 spiro atoms. The third kappa shape index (κ3) is 3.40. The largest absolute Gasteiger partial charge is 0.395 e. The Hall–Kier alpha value is -1.92. The first-order valence-corrected chi connectivity index (χ1v) is 7.54. The van der Waals surface area contributed by atoms with Gasteiger partial charge in [-0.2, -0.15) is 0 Å². The second-order valence-electron chi connectivity index (χ2n) is 4.74. The minimum Gasteiger partial charge on any atom is -0.395 e. The summed E-state index contributed by atoms with van der Waals surface area (Å²) >= 11 is 1.58. The van der Waals surface area contributed by atoms with Gasteiger partial charge in [-0.15, -0.1) is 17.9 Å². The predicted molar refractivity (Wildman–Crippen MR) is 84.4 cm³/mol. The number of carbonyl (C=O) groups excluding carboxylic acids is 1. The van der Waals surface area contributed by atoms with E-state index >= 15 is 0 Å². The van der Waals surface area contributed by atoms with Crippen molar-refractivity contribution < 1.29 is 9.90 Å². The van der Waals surface area contributed by atoms with Crippen LogP contribution in [0.2, 0.25) is 0 Å². The number of aryl methyl sites for hydroxylation is 2. The van der Waals surface area contributed by atoms with Crippen LogP contribution in [0.25, 0.3) is 11.3 Å². The topological polar surface area (TPSA) is 58.4 Å². The molecule has 2 aromatic rings. The number of hydrogen-bond acceptors (Lipinski definition) is 4. The van der Waals surface area contributed by atoms with E-state index in [4.69, 9.17) is 5.11 Å². The number of rotatable bonds is 6. The van der Waals surface area contributed by atoms with Gasteiger partial charge in [-0.25, -0.2) is 4.98 Å². The SMILES string of the molecule is C=CCN(CCO)C(=O)c1cc(-c2csc(C)n2)cn1C. The van der Waals surface area contributed by atoms with Crippen molar-refractivity contribution in [1.29, 1.82) is 0 Å². The number of carbonyl (C=O) groups is 1. The van der Waals surface area contributed by atoms with Crippen LogP contribution in [-0.2, 0) is 7.05 Å². The number of hydrogen-bond donors (Lipinski definition) is 1. The van der Waals surface area contributed by atoms with Crippen molar-refractivity contribution in [2.24, 2.45) is 7.05 Å². The molecular formula is C15H19N3O2S. The maximum atomic E-state index is 12.5. The van der Waals surface area contributed by atoms with Gasteiger partial charge in [-0.05, 0) is 13.0 Å². The highest BCUT2D eigenvalue weighted by Crippen LogP contribution is 2.24. The summed E-state index contributed by atoms with van der Waals surface area (Å²) in [6.45, 7) is 6.24. The summed E-state index contributed by atoms with van der Waals surface area (Å²) in [5.74, 6) is -0.121. The van der Waals surface area contributed by atoms with E-state index in [1.165, 1.54) is 0 Å². The van der Waals surface area contributed by atoms with Gasteiger partial charge in [0, 0.05) is 37.3 Å². The lowest BCUT2D eigenvalue weighted by Gasteiger charge is -2.20. The molecule has 0 saturated carbocycles. The van der Waals surface area contributed by atoms with Gasteiger partial charge in [0.15, 0.2) is 0 Å². The lowest BCUT2D eigenvalue weighted by molar-refractivity contribution is 0.0733. The average Bonchev–Trinajstić information content (AvgIpc) is 3.04. The molecule has 112 valence electrons. The summed E-state index contributed by atoms with van der Waals surface area (Å²) in [4.78, 5) is 18.5. The molecule has 0 radical (unpaired) electrons. The predicted octanol–water partition coefficient (Wildman–Crippen LogP) is 2.08. The van der Waals surface area contributed by atoms with E-state index in [-0.39, 0.29) is 12.5 Å². The summed E-state index contributed by atoms with van der Waals surface area (Å²) in [5, 5.41) is 12.0. The monoisotopic (exact) mass is 305 g/mol. The van der Waals surface area contributed by atoms with Crippen LogP contribution in [0.4, 0.5) is 0 Å². The zero-order chi connectivity index (χ0) is 15.4. The van der Waals surface area contributed by atoms with Crippen LogP contribution >= 0.6 is 11.3 Å². The lowest BCUT2D eigenvalue weighted by atomic mass is 10.2. The Labute approximate surface area is 128 Å². The van der Waals surface area contributed by atoms with Crippen molar-refractivity contribution in [3.05, 3.63) is 41.0 Å². The van der Waals surface area contributed by atoms with Gasteiger partial charge in [0.2, 0.25) is 0 Å². The smallest absolute Gasteiger partial charge is 0.270 e. The molecule has 0 fully saturated rings. The van der Waals surface area contributed by atoms with Crippen molar-refractivity contribution in [2.45, 2.75) is 6.92 Å². The molecule has 1 amide bonds. The maximum absolute atomic E-state index is 12.5. The maximum Gasteiger partial charge on any atom is 0.270 e. The standard InChI is InChI=1S/C15H19N3O2S/c1-4-5-18(6-7-19)15(20)14-8-12(9-17(14)3)13-10-21-11(2)16-13/h4,8-10,19H,1,5-7H2,2-3H3. The molecule has 1 N–H and O–H groups in total. The normalized spacial score (nSPS) is 10.6. The molecule has 0 aliphatic carbocycles. The molecule has 0 aromatic carbocycles. The van der Waals surface area contributed by atoms with Crippen LogP contribution in [-0.4, -0.2) is 45.2 Å². The van der Waals surface area contributed by atoms with Crippen LogP contribution < -0.4 is 0 Å². The summed E-state index contributed by atoms with van der Waals surface area (Å²) < 4.78 is 1.79. The fourth-order valence-electron chi connectivity index (χ4n) is 2.13. The molecule has 2 rings (SSSR count). The van der Waals surface area contributed by atoms with Crippen LogP contribution in [0, 0.1) is 6.92 Å². The van der Waals surface area contributed by atoms with Gasteiger partial charge in [0.25, 0.3) is 5.91 Å². The van der Waals surface area contributed by atoms with Crippen LogP contribution in [0.5, 0.6) is 0 Å². The highest BCUT2D eigenvalue weighted by atomic mass is 32.1. The van der Waals surface area contributed by atoms with Crippen molar-refractivity contribution in [2.75, 3.05) is 19.7 Å². The average molecular weight is 305 g/mol. The van der Waals surface area contributed by atoms with Gasteiger partial charge in [0.05, 0.1) is 17.3 Å². The highest BCUT2D eigenvalue weighted by Gasteiger charge is 2.19. The van der Waals surface area contributed by atoms with Crippen LogP contribution in [0.15, 0.2) is 30.3 Å². The molecule has 2 heterocycles. The number of aliphatic hydroxyl groups excluding tert-OH is 1. The molecule has 0 bridgehead atoms. The Kier molecular flexibility index (Phi) is 4.93. The van der Waals surface area contributed by atoms with Crippen LogP contribution in [0.1, 0.15) is 15.5 Å². The molecule has 0 aliphatic heterocycles. The van der Waals surface area contributed by atoms with E-state index in [0.717, 1.165) is 16.3 Å². The Morgan fingerprint density at radius 3 is 2.95 bits per heavy atom.